The molecule has 0 radical (unpaired) electrons. The van der Waals surface area contributed by atoms with Gasteiger partial charge >= 0.3 is 0 Å². The first-order valence-corrected chi connectivity index (χ1v) is 19.8. The molecule has 0 aliphatic heterocycles. The molecular weight excluding hydrogens is 676 g/mol. The van der Waals surface area contributed by atoms with Crippen molar-refractivity contribution in [3.8, 4) is 0 Å². The molecule has 0 spiro atoms. The Balaban J connectivity index is 3.64. The van der Waals surface area contributed by atoms with Gasteiger partial charge in [0, 0.05) is 10.7 Å². The molecule has 0 aromatic heterocycles. The Morgan fingerprint density at radius 3 is 1.31 bits per heavy atom. The zero-order chi connectivity index (χ0) is 35.5. The van der Waals surface area contributed by atoms with Crippen molar-refractivity contribution in [1.82, 2.24) is 0 Å². The number of hydrogen-bond donors (Lipinski definition) is 0. The Hall–Kier alpha value is -0.340. The standard InChI is InChI=1S/C43H74Br2/c1-32(37(5,6)30-40(11,12)38(7,8)23-19-21-25-44)33-27-34(36(2,3)4)29-35(28-33)43(17,18)42(15,16)31-41(13,14)39(9,10)24-20-22-26-45/h19-22,27-29,32H,23-26,30-31H2,1-18H3. The van der Waals surface area contributed by atoms with E-state index in [0.29, 0.717) is 5.92 Å². The molecule has 1 atom stereocenters. The van der Waals surface area contributed by atoms with E-state index >= 15 is 0 Å². The van der Waals surface area contributed by atoms with Gasteiger partial charge in [-0.05, 0) is 91.6 Å². The predicted octanol–water partition coefficient (Wildman–Crippen LogP) is 15.0. The molecule has 0 saturated heterocycles. The van der Waals surface area contributed by atoms with Crippen LogP contribution in [-0.2, 0) is 10.8 Å². The van der Waals surface area contributed by atoms with E-state index in [1.165, 1.54) is 23.1 Å². The first-order valence-electron chi connectivity index (χ1n) is 17.6. The van der Waals surface area contributed by atoms with Crippen LogP contribution >= 0.6 is 31.9 Å². The minimum atomic E-state index is -0.00502. The third kappa shape index (κ3) is 10.6. The molecule has 2 heteroatoms. The van der Waals surface area contributed by atoms with Crippen LogP contribution in [0.3, 0.4) is 0 Å². The first kappa shape index (κ1) is 42.7. The van der Waals surface area contributed by atoms with Gasteiger partial charge in [0.05, 0.1) is 0 Å². The maximum atomic E-state index is 3.56. The fourth-order valence-corrected chi connectivity index (χ4v) is 7.60. The maximum absolute atomic E-state index is 3.56. The van der Waals surface area contributed by atoms with Crippen LogP contribution in [0.2, 0.25) is 0 Å². The number of halogens is 2. The second-order valence-electron chi connectivity index (χ2n) is 19.9. The number of hydrogen-bond acceptors (Lipinski definition) is 0. The van der Waals surface area contributed by atoms with E-state index < -0.39 is 0 Å². The molecule has 1 aromatic carbocycles. The summed E-state index contributed by atoms with van der Waals surface area (Å²) in [6, 6.07) is 7.68. The van der Waals surface area contributed by atoms with Crippen LogP contribution in [0.4, 0.5) is 0 Å². The molecule has 0 bridgehead atoms. The molecule has 1 rings (SSSR count). The highest BCUT2D eigenvalue weighted by atomic mass is 79.9. The van der Waals surface area contributed by atoms with Crippen molar-refractivity contribution in [1.29, 1.82) is 0 Å². The summed E-state index contributed by atoms with van der Waals surface area (Å²) in [6.07, 6.45) is 13.7. The fourth-order valence-electron chi connectivity index (χ4n) is 7.07. The molecule has 45 heavy (non-hydrogen) atoms. The second-order valence-corrected chi connectivity index (χ2v) is 21.2. The zero-order valence-corrected chi connectivity index (χ0v) is 36.3. The van der Waals surface area contributed by atoms with E-state index in [4.69, 9.17) is 0 Å². The van der Waals surface area contributed by atoms with Gasteiger partial charge in [0.15, 0.2) is 0 Å². The summed E-state index contributed by atoms with van der Waals surface area (Å²) in [7, 11) is 0. The van der Waals surface area contributed by atoms with Crippen molar-refractivity contribution < 1.29 is 0 Å². The van der Waals surface area contributed by atoms with Gasteiger partial charge in [-0.15, -0.1) is 0 Å². The molecule has 260 valence electrons. The Morgan fingerprint density at radius 2 is 0.911 bits per heavy atom. The van der Waals surface area contributed by atoms with Gasteiger partial charge < -0.3 is 0 Å². The fraction of sp³-hybridized carbons (Fsp3) is 0.767. The largest absolute Gasteiger partial charge is 0.0883 e. The highest BCUT2D eigenvalue weighted by Crippen LogP contribution is 2.56. The molecule has 0 amide bonds. The van der Waals surface area contributed by atoms with Crippen LogP contribution in [0.5, 0.6) is 0 Å². The van der Waals surface area contributed by atoms with Crippen molar-refractivity contribution in [3.05, 3.63) is 59.2 Å². The third-order valence-electron chi connectivity index (χ3n) is 13.1. The Labute approximate surface area is 299 Å². The van der Waals surface area contributed by atoms with Crippen LogP contribution in [0.1, 0.15) is 173 Å². The van der Waals surface area contributed by atoms with E-state index in [-0.39, 0.29) is 43.3 Å². The normalized spacial score (nSPS) is 15.8. The number of alkyl halides is 2. The summed E-state index contributed by atoms with van der Waals surface area (Å²) in [4.78, 5) is 0. The predicted molar refractivity (Wildman–Crippen MR) is 214 cm³/mol. The summed E-state index contributed by atoms with van der Waals surface area (Å²) in [5.41, 5.74) is 5.52. The highest BCUT2D eigenvalue weighted by molar-refractivity contribution is 9.09. The van der Waals surface area contributed by atoms with Gasteiger partial charge in [-0.25, -0.2) is 0 Å². The van der Waals surface area contributed by atoms with E-state index in [9.17, 15) is 0 Å². The monoisotopic (exact) mass is 748 g/mol. The number of benzene rings is 1. The van der Waals surface area contributed by atoms with Crippen LogP contribution in [0.25, 0.3) is 0 Å². The summed E-state index contributed by atoms with van der Waals surface area (Å²) in [5.74, 6) is 0.433. The highest BCUT2D eigenvalue weighted by Gasteiger charge is 2.47. The summed E-state index contributed by atoms with van der Waals surface area (Å²) in [5, 5.41) is 1.85. The van der Waals surface area contributed by atoms with E-state index in [1.807, 2.05) is 0 Å². The Bertz CT molecular complexity index is 1140. The lowest BCUT2D eigenvalue weighted by Gasteiger charge is -2.52. The minimum absolute atomic E-state index is 0.00502. The summed E-state index contributed by atoms with van der Waals surface area (Å²) >= 11 is 7.12. The van der Waals surface area contributed by atoms with Crippen LogP contribution in [0, 0.1) is 32.5 Å². The van der Waals surface area contributed by atoms with Gasteiger partial charge in [0.2, 0.25) is 0 Å². The molecule has 0 aliphatic rings. The quantitative estimate of drug-likeness (QED) is 0.117. The van der Waals surface area contributed by atoms with Crippen LogP contribution in [-0.4, -0.2) is 10.7 Å². The van der Waals surface area contributed by atoms with Gasteiger partial charge in [0.1, 0.15) is 0 Å². The molecule has 0 fully saturated rings. The number of allylic oxidation sites excluding steroid dienone is 4. The van der Waals surface area contributed by atoms with E-state index in [2.05, 4.69) is 199 Å². The SMILES string of the molecule is CC(c1cc(C(C)(C)C)cc(C(C)(C)C(C)(C)CC(C)(C)C(C)(C)CC=CCBr)c1)C(C)(C)CC(C)(C)C(C)(C)CC=CCBr. The Morgan fingerprint density at radius 1 is 0.511 bits per heavy atom. The summed E-state index contributed by atoms with van der Waals surface area (Å²) in [6.45, 7) is 44.5. The van der Waals surface area contributed by atoms with Gasteiger partial charge in [-0.1, -0.05) is 199 Å². The van der Waals surface area contributed by atoms with E-state index in [1.54, 1.807) is 0 Å². The zero-order valence-electron chi connectivity index (χ0n) is 33.1. The molecule has 0 heterocycles. The molecule has 1 unspecified atom stereocenters. The smallest absolute Gasteiger partial charge is 0.0212 e. The van der Waals surface area contributed by atoms with Crippen molar-refractivity contribution in [2.24, 2.45) is 32.5 Å². The molecule has 0 aliphatic carbocycles. The molecule has 0 nitrogen and oxygen atoms in total. The molecule has 0 saturated carbocycles. The average molecular weight is 751 g/mol. The molecule has 0 N–H and O–H groups in total. The average Bonchev–Trinajstić information content (AvgIpc) is 2.86. The molecule has 1 aromatic rings. The van der Waals surface area contributed by atoms with Crippen molar-refractivity contribution in [2.75, 3.05) is 10.7 Å². The number of rotatable bonds is 16. The van der Waals surface area contributed by atoms with E-state index in [0.717, 1.165) is 29.9 Å². The topological polar surface area (TPSA) is 0 Å². The van der Waals surface area contributed by atoms with Crippen molar-refractivity contribution >= 4 is 31.9 Å². The minimum Gasteiger partial charge on any atom is -0.0883 e. The Kier molecular flexibility index (Phi) is 14.3. The van der Waals surface area contributed by atoms with Gasteiger partial charge in [0.25, 0.3) is 0 Å². The lowest BCUT2D eigenvalue weighted by Crippen LogP contribution is -2.44. The second kappa shape index (κ2) is 15.0. The van der Waals surface area contributed by atoms with Gasteiger partial charge in [-0.3, -0.25) is 0 Å². The summed E-state index contributed by atoms with van der Waals surface area (Å²) < 4.78 is 0. The van der Waals surface area contributed by atoms with Crippen molar-refractivity contribution in [2.45, 2.75) is 167 Å². The van der Waals surface area contributed by atoms with Gasteiger partial charge in [-0.2, -0.15) is 0 Å². The third-order valence-corrected chi connectivity index (χ3v) is 13.9. The first-order chi connectivity index (χ1) is 20.0. The van der Waals surface area contributed by atoms with Crippen LogP contribution in [0.15, 0.2) is 42.5 Å². The van der Waals surface area contributed by atoms with Crippen molar-refractivity contribution in [3.63, 3.8) is 0 Å². The lowest BCUT2D eigenvalue weighted by atomic mass is 9.53. The maximum Gasteiger partial charge on any atom is 0.0212 e. The lowest BCUT2D eigenvalue weighted by molar-refractivity contribution is 0.0241. The molecular formula is C43H74Br2. The van der Waals surface area contributed by atoms with Crippen LogP contribution < -0.4 is 0 Å².